The van der Waals surface area contributed by atoms with Crippen LogP contribution in [0.25, 0.3) is 0 Å². The number of benzene rings is 1. The van der Waals surface area contributed by atoms with Crippen molar-refractivity contribution >= 4 is 34.0 Å². The van der Waals surface area contributed by atoms with Crippen molar-refractivity contribution in [3.63, 3.8) is 0 Å². The lowest BCUT2D eigenvalue weighted by molar-refractivity contribution is -0.385. The van der Waals surface area contributed by atoms with Gasteiger partial charge in [-0.25, -0.2) is 8.42 Å². The summed E-state index contributed by atoms with van der Waals surface area (Å²) in [6, 6.07) is 4.25. The highest BCUT2D eigenvalue weighted by Crippen LogP contribution is 2.29. The van der Waals surface area contributed by atoms with Gasteiger partial charge in [-0.3, -0.25) is 14.9 Å². The van der Waals surface area contributed by atoms with E-state index >= 15 is 0 Å². The molecule has 2 aliphatic rings. The Hall–Kier alpha value is -1.75. The summed E-state index contributed by atoms with van der Waals surface area (Å²) in [4.78, 5) is 24.7. The van der Waals surface area contributed by atoms with E-state index in [0.717, 1.165) is 6.07 Å². The number of hydrogen-bond donors (Lipinski definition) is 1. The average Bonchev–Trinajstić information content (AvgIpc) is 3.12. The first kappa shape index (κ1) is 21.5. The number of hydrogen-bond acceptors (Lipinski definition) is 6. The predicted molar refractivity (Wildman–Crippen MR) is 101 cm³/mol. The monoisotopic (exact) mass is 418 g/mol. The lowest BCUT2D eigenvalue weighted by Crippen LogP contribution is -2.51. The van der Waals surface area contributed by atoms with Crippen LogP contribution in [0.1, 0.15) is 25.7 Å². The minimum atomic E-state index is -3.98. The number of rotatable bonds is 4. The summed E-state index contributed by atoms with van der Waals surface area (Å²) in [6.45, 7) is 1.29. The van der Waals surface area contributed by atoms with Crippen LogP contribution in [-0.2, 0) is 14.8 Å². The normalized spacial score (nSPS) is 21.7. The zero-order valence-corrected chi connectivity index (χ0v) is 16.3. The second-order valence-corrected chi connectivity index (χ2v) is 8.58. The Morgan fingerprint density at radius 2 is 1.85 bits per heavy atom. The van der Waals surface area contributed by atoms with Crippen molar-refractivity contribution in [2.45, 2.75) is 42.7 Å². The lowest BCUT2D eigenvalue weighted by atomic mass is 10.0. The van der Waals surface area contributed by atoms with E-state index in [0.29, 0.717) is 38.8 Å². The highest BCUT2D eigenvalue weighted by atomic mass is 35.5. The zero-order valence-electron chi connectivity index (χ0n) is 14.7. The molecular weight excluding hydrogens is 396 g/mol. The third-order valence-electron chi connectivity index (χ3n) is 4.98. The fourth-order valence-electron chi connectivity index (χ4n) is 3.50. The summed E-state index contributed by atoms with van der Waals surface area (Å²) in [6.07, 6.45) is 2.44. The zero-order chi connectivity index (χ0) is 18.9. The van der Waals surface area contributed by atoms with Crippen LogP contribution in [0.3, 0.4) is 0 Å². The molecule has 11 heteroatoms. The Morgan fingerprint density at radius 1 is 1.19 bits per heavy atom. The number of sulfonamides is 1. The molecule has 0 saturated carbocycles. The number of nitro groups is 1. The van der Waals surface area contributed by atoms with Crippen molar-refractivity contribution < 1.29 is 18.1 Å². The quantitative estimate of drug-likeness (QED) is 0.576. The molecule has 0 aromatic heterocycles. The number of amides is 1. The van der Waals surface area contributed by atoms with Crippen LogP contribution in [-0.4, -0.2) is 60.2 Å². The molecule has 2 aliphatic heterocycles. The maximum atomic E-state index is 13.0. The molecule has 150 valence electrons. The Morgan fingerprint density at radius 3 is 2.48 bits per heavy atom. The largest absolute Gasteiger partial charge is 0.341 e. The van der Waals surface area contributed by atoms with Crippen LogP contribution >= 0.6 is 12.4 Å². The standard InChI is InChI=1S/C16H22N4O5S.ClH/c17-12-6-9-18(10-7-12)16(21)15-5-2-8-19(15)26(24,25)14-4-1-3-13(11-14)20(22)23;/h1,3-4,11-12,15H,2,5-10,17H2;1H. The molecule has 9 nitrogen and oxygen atoms in total. The van der Waals surface area contributed by atoms with Crippen LogP contribution in [0.4, 0.5) is 5.69 Å². The van der Waals surface area contributed by atoms with Crippen molar-refractivity contribution in [2.24, 2.45) is 5.73 Å². The average molecular weight is 419 g/mol. The van der Waals surface area contributed by atoms with Crippen molar-refractivity contribution in [1.29, 1.82) is 0 Å². The third kappa shape index (κ3) is 4.40. The van der Waals surface area contributed by atoms with E-state index < -0.39 is 21.0 Å². The molecule has 0 radical (unpaired) electrons. The maximum Gasteiger partial charge on any atom is 0.270 e. The van der Waals surface area contributed by atoms with Gasteiger partial charge in [0.25, 0.3) is 5.69 Å². The SMILES string of the molecule is Cl.NC1CCN(C(=O)C2CCCN2S(=O)(=O)c2cccc([N+](=O)[O-])c2)CC1. The summed E-state index contributed by atoms with van der Waals surface area (Å²) in [5.74, 6) is -0.205. The summed E-state index contributed by atoms with van der Waals surface area (Å²) in [7, 11) is -3.98. The van der Waals surface area contributed by atoms with E-state index in [1.54, 1.807) is 4.90 Å². The van der Waals surface area contributed by atoms with Gasteiger partial charge in [-0.1, -0.05) is 6.07 Å². The minimum Gasteiger partial charge on any atom is -0.341 e. The number of piperidine rings is 1. The molecule has 1 atom stereocenters. The van der Waals surface area contributed by atoms with Gasteiger partial charge in [0.2, 0.25) is 15.9 Å². The molecule has 3 rings (SSSR count). The molecule has 0 spiro atoms. The molecule has 2 fully saturated rings. The molecule has 2 heterocycles. The van der Waals surface area contributed by atoms with E-state index in [9.17, 15) is 23.3 Å². The molecule has 1 unspecified atom stereocenters. The van der Waals surface area contributed by atoms with Crippen LogP contribution in [0, 0.1) is 10.1 Å². The fraction of sp³-hybridized carbons (Fsp3) is 0.562. The van der Waals surface area contributed by atoms with Gasteiger partial charge >= 0.3 is 0 Å². The number of carbonyl (C=O) groups is 1. The van der Waals surface area contributed by atoms with Crippen molar-refractivity contribution in [3.05, 3.63) is 34.4 Å². The number of halogens is 1. The highest BCUT2D eigenvalue weighted by Gasteiger charge is 2.41. The van der Waals surface area contributed by atoms with Gasteiger partial charge in [-0.2, -0.15) is 4.31 Å². The summed E-state index contributed by atoms with van der Waals surface area (Å²) in [5, 5.41) is 10.9. The molecular formula is C16H23ClN4O5S. The fourth-order valence-corrected chi connectivity index (χ4v) is 5.19. The number of non-ortho nitro benzene ring substituents is 1. The van der Waals surface area contributed by atoms with Gasteiger partial charge in [0.15, 0.2) is 0 Å². The molecule has 0 aliphatic carbocycles. The van der Waals surface area contributed by atoms with Crippen LogP contribution in [0.2, 0.25) is 0 Å². The molecule has 2 saturated heterocycles. The van der Waals surface area contributed by atoms with Crippen molar-refractivity contribution in [3.8, 4) is 0 Å². The van der Waals surface area contributed by atoms with Gasteiger partial charge in [0.05, 0.1) is 9.82 Å². The second-order valence-electron chi connectivity index (χ2n) is 6.69. The first-order valence-corrected chi connectivity index (χ1v) is 10.1. The molecule has 0 bridgehead atoms. The Kier molecular flexibility index (Phi) is 6.79. The van der Waals surface area contributed by atoms with Gasteiger partial charge in [0, 0.05) is 37.8 Å². The van der Waals surface area contributed by atoms with E-state index in [-0.39, 0.29) is 41.5 Å². The lowest BCUT2D eigenvalue weighted by Gasteiger charge is -2.34. The van der Waals surface area contributed by atoms with Gasteiger partial charge in [0.1, 0.15) is 6.04 Å². The van der Waals surface area contributed by atoms with Crippen molar-refractivity contribution in [2.75, 3.05) is 19.6 Å². The van der Waals surface area contributed by atoms with Gasteiger partial charge < -0.3 is 10.6 Å². The topological polar surface area (TPSA) is 127 Å². The van der Waals surface area contributed by atoms with Crippen LogP contribution < -0.4 is 5.73 Å². The minimum absolute atomic E-state index is 0. The number of nitro benzene ring substituents is 1. The summed E-state index contributed by atoms with van der Waals surface area (Å²) < 4.78 is 27.1. The van der Waals surface area contributed by atoms with E-state index in [2.05, 4.69) is 0 Å². The molecule has 1 aromatic carbocycles. The number of carbonyl (C=O) groups excluding carboxylic acids is 1. The van der Waals surface area contributed by atoms with Gasteiger partial charge in [-0.05, 0) is 31.7 Å². The Labute approximate surface area is 164 Å². The Balaban J connectivity index is 0.00000261. The van der Waals surface area contributed by atoms with Gasteiger partial charge in [-0.15, -0.1) is 12.4 Å². The van der Waals surface area contributed by atoms with Crippen LogP contribution in [0.5, 0.6) is 0 Å². The first-order valence-electron chi connectivity index (χ1n) is 8.61. The first-order chi connectivity index (χ1) is 12.3. The van der Waals surface area contributed by atoms with Crippen molar-refractivity contribution in [1.82, 2.24) is 9.21 Å². The highest BCUT2D eigenvalue weighted by molar-refractivity contribution is 7.89. The maximum absolute atomic E-state index is 13.0. The molecule has 27 heavy (non-hydrogen) atoms. The number of nitrogens with zero attached hydrogens (tertiary/aromatic N) is 3. The summed E-state index contributed by atoms with van der Waals surface area (Å²) in [5.41, 5.74) is 5.57. The molecule has 2 N–H and O–H groups in total. The predicted octanol–water partition coefficient (Wildman–Crippen LogP) is 1.12. The number of likely N-dealkylation sites (tertiary alicyclic amines) is 1. The third-order valence-corrected chi connectivity index (χ3v) is 6.88. The second kappa shape index (κ2) is 8.51. The van der Waals surface area contributed by atoms with E-state index in [1.807, 2.05) is 0 Å². The van der Waals surface area contributed by atoms with Crippen LogP contribution in [0.15, 0.2) is 29.2 Å². The smallest absolute Gasteiger partial charge is 0.270 e. The van der Waals surface area contributed by atoms with E-state index in [1.165, 1.54) is 22.5 Å². The molecule has 1 amide bonds. The number of nitrogens with two attached hydrogens (primary N) is 1. The molecule has 1 aromatic rings. The van der Waals surface area contributed by atoms with E-state index in [4.69, 9.17) is 5.73 Å². The Bertz CT molecular complexity index is 811. The summed E-state index contributed by atoms with van der Waals surface area (Å²) >= 11 is 0.